The second kappa shape index (κ2) is 6.46. The average Bonchev–Trinajstić information content (AvgIpc) is 1.98. The topological polar surface area (TPSA) is 72.2 Å². The summed E-state index contributed by atoms with van der Waals surface area (Å²) in [7, 11) is 0. The lowest BCUT2D eigenvalue weighted by Gasteiger charge is -2.11. The van der Waals surface area contributed by atoms with Gasteiger partial charge in [0.15, 0.2) is 0 Å². The number of nitrogens with two attached hydrogens (primary N) is 1. The maximum Gasteiger partial charge on any atom is 0.220 e. The Morgan fingerprint density at radius 1 is 1.46 bits per heavy atom. The maximum absolute atomic E-state index is 11.1. The predicted octanol–water partition coefficient (Wildman–Crippen LogP) is 0.557. The van der Waals surface area contributed by atoms with Crippen molar-refractivity contribution in [2.45, 2.75) is 45.6 Å². The third-order valence-electron chi connectivity index (χ3n) is 1.67. The Morgan fingerprint density at radius 3 is 2.54 bits per heavy atom. The minimum atomic E-state index is -0.386. The van der Waals surface area contributed by atoms with E-state index in [1.807, 2.05) is 6.92 Å². The summed E-state index contributed by atoms with van der Waals surface area (Å²) >= 11 is 0. The molecule has 0 saturated heterocycles. The van der Waals surface area contributed by atoms with Crippen LogP contribution in [0.3, 0.4) is 0 Å². The van der Waals surface area contributed by atoms with Crippen LogP contribution in [0.1, 0.15) is 39.5 Å². The Kier molecular flexibility index (Phi) is 5.93. The normalized spacial score (nSPS) is 12.2. The van der Waals surface area contributed by atoms with Crippen LogP contribution in [0, 0.1) is 0 Å². The highest BCUT2D eigenvalue weighted by Gasteiger charge is 2.08. The number of amides is 2. The van der Waals surface area contributed by atoms with Crippen LogP contribution in [0.2, 0.25) is 0 Å². The van der Waals surface area contributed by atoms with Gasteiger partial charge in [0.05, 0.1) is 0 Å². The van der Waals surface area contributed by atoms with Crippen molar-refractivity contribution < 1.29 is 9.59 Å². The van der Waals surface area contributed by atoms with E-state index in [-0.39, 0.29) is 24.3 Å². The number of rotatable bonds is 6. The van der Waals surface area contributed by atoms with Crippen LogP contribution in [0.25, 0.3) is 0 Å². The van der Waals surface area contributed by atoms with Gasteiger partial charge in [0.1, 0.15) is 0 Å². The van der Waals surface area contributed by atoms with Gasteiger partial charge in [-0.2, -0.15) is 0 Å². The molecule has 0 aliphatic carbocycles. The van der Waals surface area contributed by atoms with Crippen LogP contribution in [0.15, 0.2) is 0 Å². The van der Waals surface area contributed by atoms with Gasteiger partial charge in [0.2, 0.25) is 11.8 Å². The fraction of sp³-hybridized carbons (Fsp3) is 0.778. The number of hydrogen-bond acceptors (Lipinski definition) is 2. The molecule has 0 fully saturated rings. The molecule has 3 N–H and O–H groups in total. The molecule has 0 radical (unpaired) electrons. The first-order valence-electron chi connectivity index (χ1n) is 4.64. The average molecular weight is 186 g/mol. The lowest BCUT2D eigenvalue weighted by molar-refractivity contribution is -0.122. The van der Waals surface area contributed by atoms with Gasteiger partial charge in [0, 0.05) is 18.9 Å². The molecule has 13 heavy (non-hydrogen) atoms. The SMILES string of the molecule is CCCCC(=O)NC(C)CC(N)=O. The fourth-order valence-corrected chi connectivity index (χ4v) is 1.04. The summed E-state index contributed by atoms with van der Waals surface area (Å²) in [6.07, 6.45) is 2.62. The summed E-state index contributed by atoms with van der Waals surface area (Å²) in [5.41, 5.74) is 4.98. The van der Waals surface area contributed by atoms with Gasteiger partial charge < -0.3 is 11.1 Å². The first-order chi connectivity index (χ1) is 6.06. The second-order valence-corrected chi connectivity index (χ2v) is 3.24. The van der Waals surface area contributed by atoms with Crippen LogP contribution in [-0.4, -0.2) is 17.9 Å². The lowest BCUT2D eigenvalue weighted by Crippen LogP contribution is -2.35. The molecule has 0 rings (SSSR count). The van der Waals surface area contributed by atoms with Gasteiger partial charge in [-0.05, 0) is 13.3 Å². The van der Waals surface area contributed by atoms with Crippen molar-refractivity contribution >= 4 is 11.8 Å². The van der Waals surface area contributed by atoms with Crippen LogP contribution in [0.5, 0.6) is 0 Å². The quantitative estimate of drug-likeness (QED) is 0.636. The molecule has 2 amide bonds. The molecule has 0 spiro atoms. The fourth-order valence-electron chi connectivity index (χ4n) is 1.04. The molecule has 4 heteroatoms. The Morgan fingerprint density at radius 2 is 2.08 bits per heavy atom. The Hall–Kier alpha value is -1.06. The minimum absolute atomic E-state index is 0.00407. The number of carbonyl (C=O) groups excluding carboxylic acids is 2. The van der Waals surface area contributed by atoms with E-state index in [4.69, 9.17) is 5.73 Å². The molecule has 0 aromatic heterocycles. The van der Waals surface area contributed by atoms with E-state index in [1.165, 1.54) is 0 Å². The molecule has 76 valence electrons. The van der Waals surface area contributed by atoms with Crippen LogP contribution < -0.4 is 11.1 Å². The van der Waals surface area contributed by atoms with Gasteiger partial charge in [0.25, 0.3) is 0 Å². The third kappa shape index (κ3) is 7.31. The Balaban J connectivity index is 3.59. The molecule has 0 aliphatic heterocycles. The Labute approximate surface area is 78.9 Å². The molecule has 1 atom stereocenters. The zero-order chi connectivity index (χ0) is 10.3. The zero-order valence-corrected chi connectivity index (χ0v) is 8.30. The smallest absolute Gasteiger partial charge is 0.220 e. The molecular weight excluding hydrogens is 168 g/mol. The van der Waals surface area contributed by atoms with Crippen molar-refractivity contribution in [3.05, 3.63) is 0 Å². The number of hydrogen-bond donors (Lipinski definition) is 2. The van der Waals surface area contributed by atoms with E-state index in [0.717, 1.165) is 12.8 Å². The summed E-state index contributed by atoms with van der Waals surface area (Å²) in [6, 6.07) is -0.151. The molecule has 4 nitrogen and oxygen atoms in total. The monoisotopic (exact) mass is 186 g/mol. The molecule has 0 aliphatic rings. The summed E-state index contributed by atoms with van der Waals surface area (Å²) in [5.74, 6) is -0.390. The summed E-state index contributed by atoms with van der Waals surface area (Å²) in [5, 5.41) is 2.71. The van der Waals surface area contributed by atoms with E-state index in [0.29, 0.717) is 6.42 Å². The predicted molar refractivity (Wildman–Crippen MR) is 50.9 cm³/mol. The van der Waals surface area contributed by atoms with E-state index in [2.05, 4.69) is 5.32 Å². The third-order valence-corrected chi connectivity index (χ3v) is 1.67. The highest BCUT2D eigenvalue weighted by Crippen LogP contribution is 1.95. The number of carbonyl (C=O) groups is 2. The van der Waals surface area contributed by atoms with Gasteiger partial charge >= 0.3 is 0 Å². The highest BCUT2D eigenvalue weighted by molar-refractivity contribution is 5.78. The maximum atomic E-state index is 11.1. The molecule has 1 unspecified atom stereocenters. The van der Waals surface area contributed by atoms with Crippen molar-refractivity contribution in [1.82, 2.24) is 5.32 Å². The molecular formula is C9H18N2O2. The summed E-state index contributed by atoms with van der Waals surface area (Å²) in [4.78, 5) is 21.6. The molecule has 0 bridgehead atoms. The number of nitrogens with one attached hydrogen (secondary N) is 1. The summed E-state index contributed by atoms with van der Waals surface area (Å²) in [6.45, 7) is 3.80. The van der Waals surface area contributed by atoms with Crippen molar-refractivity contribution in [3.8, 4) is 0 Å². The Bertz CT molecular complexity index is 180. The van der Waals surface area contributed by atoms with Crippen LogP contribution >= 0.6 is 0 Å². The first-order valence-corrected chi connectivity index (χ1v) is 4.64. The summed E-state index contributed by atoms with van der Waals surface area (Å²) < 4.78 is 0. The zero-order valence-electron chi connectivity index (χ0n) is 8.30. The minimum Gasteiger partial charge on any atom is -0.370 e. The van der Waals surface area contributed by atoms with E-state index < -0.39 is 0 Å². The second-order valence-electron chi connectivity index (χ2n) is 3.24. The number of primary amides is 1. The van der Waals surface area contributed by atoms with Crippen LogP contribution in [0.4, 0.5) is 0 Å². The van der Waals surface area contributed by atoms with Gasteiger partial charge in [-0.3, -0.25) is 9.59 Å². The molecule has 0 saturated carbocycles. The largest absolute Gasteiger partial charge is 0.370 e. The van der Waals surface area contributed by atoms with E-state index >= 15 is 0 Å². The molecule has 0 heterocycles. The van der Waals surface area contributed by atoms with Crippen molar-refractivity contribution in [1.29, 1.82) is 0 Å². The van der Waals surface area contributed by atoms with Gasteiger partial charge in [-0.1, -0.05) is 13.3 Å². The van der Waals surface area contributed by atoms with Gasteiger partial charge in [-0.15, -0.1) is 0 Å². The highest BCUT2D eigenvalue weighted by atomic mass is 16.2. The number of unbranched alkanes of at least 4 members (excludes halogenated alkanes) is 1. The van der Waals surface area contributed by atoms with Crippen molar-refractivity contribution in [2.75, 3.05) is 0 Å². The lowest BCUT2D eigenvalue weighted by atomic mass is 10.2. The van der Waals surface area contributed by atoms with Gasteiger partial charge in [-0.25, -0.2) is 0 Å². The van der Waals surface area contributed by atoms with Crippen LogP contribution in [-0.2, 0) is 9.59 Å². The first kappa shape index (κ1) is 11.9. The molecule has 0 aromatic carbocycles. The van der Waals surface area contributed by atoms with Crippen molar-refractivity contribution in [3.63, 3.8) is 0 Å². The molecule has 0 aromatic rings. The van der Waals surface area contributed by atoms with E-state index in [9.17, 15) is 9.59 Å². The van der Waals surface area contributed by atoms with Crippen molar-refractivity contribution in [2.24, 2.45) is 5.73 Å². The standard InChI is InChI=1S/C9H18N2O2/c1-3-4-5-9(13)11-7(2)6-8(10)12/h7H,3-6H2,1-2H3,(H2,10,12)(H,11,13). The van der Waals surface area contributed by atoms with E-state index in [1.54, 1.807) is 6.92 Å².